The predicted octanol–water partition coefficient (Wildman–Crippen LogP) is 5.60. The van der Waals surface area contributed by atoms with Gasteiger partial charge in [0.25, 0.3) is 0 Å². The van der Waals surface area contributed by atoms with Crippen LogP contribution in [0.2, 0.25) is 0 Å². The molecule has 1 saturated heterocycles. The van der Waals surface area contributed by atoms with Crippen molar-refractivity contribution in [3.63, 3.8) is 0 Å². The highest BCUT2D eigenvalue weighted by Gasteiger charge is 2.34. The molecule has 1 aliphatic rings. The number of sulfone groups is 1. The number of carbonyl (C=O) groups is 1. The lowest BCUT2D eigenvalue weighted by Gasteiger charge is -2.30. The van der Waals surface area contributed by atoms with Crippen LogP contribution in [0.3, 0.4) is 0 Å². The molecule has 3 N–H and O–H groups in total. The number of benzene rings is 2. The van der Waals surface area contributed by atoms with Gasteiger partial charge in [-0.2, -0.15) is 5.10 Å². The predicted molar refractivity (Wildman–Crippen MR) is 154 cm³/mol. The summed E-state index contributed by atoms with van der Waals surface area (Å²) in [6, 6.07) is 16.6. The van der Waals surface area contributed by atoms with Crippen molar-refractivity contribution < 1.29 is 13.2 Å². The van der Waals surface area contributed by atoms with Crippen LogP contribution in [0.1, 0.15) is 62.6 Å². The standard InChI is InChI=1S/C29H39N5O3S/c1-6-38(36,37)27(21-14-16-30-17-15-21)22-8-7-9-23(18-22)31-28(35)32-26-19-25(29(3,4)5)33-34(26)24-12-10-20(2)11-13-24/h7-13,18-19,21,27,30H,6,14-17H2,1-5H3,(H2,31,32,35). The summed E-state index contributed by atoms with van der Waals surface area (Å²) < 4.78 is 28.0. The zero-order valence-electron chi connectivity index (χ0n) is 22.9. The van der Waals surface area contributed by atoms with E-state index < -0.39 is 21.1 Å². The number of aryl methyl sites for hydroxylation is 1. The molecule has 2 amide bonds. The topological polar surface area (TPSA) is 105 Å². The largest absolute Gasteiger partial charge is 0.324 e. The van der Waals surface area contributed by atoms with Crippen LogP contribution in [-0.4, -0.2) is 43.1 Å². The van der Waals surface area contributed by atoms with Gasteiger partial charge in [-0.25, -0.2) is 17.9 Å². The first-order chi connectivity index (χ1) is 18.0. The van der Waals surface area contributed by atoms with Gasteiger partial charge in [-0.05, 0) is 68.6 Å². The maximum absolute atomic E-state index is 13.1. The van der Waals surface area contributed by atoms with Crippen molar-refractivity contribution >= 4 is 27.4 Å². The Hall–Kier alpha value is -3.17. The first-order valence-corrected chi connectivity index (χ1v) is 15.0. The number of hydrogen-bond donors (Lipinski definition) is 3. The molecule has 9 heteroatoms. The zero-order valence-corrected chi connectivity index (χ0v) is 23.7. The molecule has 2 heterocycles. The molecule has 8 nitrogen and oxygen atoms in total. The number of nitrogens with one attached hydrogen (secondary N) is 3. The second kappa shape index (κ2) is 11.3. The van der Waals surface area contributed by atoms with Crippen LogP contribution >= 0.6 is 0 Å². The molecular formula is C29H39N5O3S. The molecule has 1 aromatic heterocycles. The van der Waals surface area contributed by atoms with Crippen molar-refractivity contribution in [3.8, 4) is 5.69 Å². The first kappa shape index (κ1) is 27.9. The minimum Gasteiger partial charge on any atom is -0.317 e. The Balaban J connectivity index is 1.59. The summed E-state index contributed by atoms with van der Waals surface area (Å²) in [5.41, 5.74) is 3.89. The second-order valence-electron chi connectivity index (χ2n) is 11.1. The van der Waals surface area contributed by atoms with E-state index in [4.69, 9.17) is 5.10 Å². The Morgan fingerprint density at radius 1 is 1.08 bits per heavy atom. The van der Waals surface area contributed by atoms with E-state index >= 15 is 0 Å². The summed E-state index contributed by atoms with van der Waals surface area (Å²) in [6.07, 6.45) is 1.61. The van der Waals surface area contributed by atoms with Crippen molar-refractivity contribution in [2.45, 2.75) is 58.1 Å². The highest BCUT2D eigenvalue weighted by atomic mass is 32.2. The third-order valence-corrected chi connectivity index (χ3v) is 9.31. The van der Waals surface area contributed by atoms with Gasteiger partial charge < -0.3 is 10.6 Å². The lowest BCUT2D eigenvalue weighted by molar-refractivity contribution is 0.262. The van der Waals surface area contributed by atoms with E-state index in [0.717, 1.165) is 48.4 Å². The van der Waals surface area contributed by atoms with Gasteiger partial charge >= 0.3 is 6.03 Å². The monoisotopic (exact) mass is 537 g/mol. The zero-order chi connectivity index (χ0) is 27.5. The van der Waals surface area contributed by atoms with Gasteiger partial charge in [0.05, 0.1) is 16.6 Å². The summed E-state index contributed by atoms with van der Waals surface area (Å²) in [5, 5.41) is 13.3. The van der Waals surface area contributed by atoms with Gasteiger partial charge in [0.2, 0.25) is 0 Å². The highest BCUT2D eigenvalue weighted by Crippen LogP contribution is 2.37. The number of hydrogen-bond acceptors (Lipinski definition) is 5. The fourth-order valence-electron chi connectivity index (χ4n) is 4.89. The SMILES string of the molecule is CCS(=O)(=O)C(c1cccc(NC(=O)Nc2cc(C(C)(C)C)nn2-c2ccc(C)cc2)c1)C1CCNCC1. The van der Waals surface area contributed by atoms with Crippen LogP contribution in [0, 0.1) is 12.8 Å². The summed E-state index contributed by atoms with van der Waals surface area (Å²) >= 11 is 0. The first-order valence-electron chi connectivity index (χ1n) is 13.3. The molecule has 0 spiro atoms. The molecular weight excluding hydrogens is 498 g/mol. The van der Waals surface area contributed by atoms with Gasteiger partial charge in [-0.3, -0.25) is 5.32 Å². The van der Waals surface area contributed by atoms with Crippen molar-refractivity contribution in [2.24, 2.45) is 5.92 Å². The Morgan fingerprint density at radius 3 is 2.39 bits per heavy atom. The minimum absolute atomic E-state index is 0.0463. The molecule has 1 unspecified atom stereocenters. The van der Waals surface area contributed by atoms with E-state index in [-0.39, 0.29) is 17.1 Å². The molecule has 0 aliphatic carbocycles. The number of nitrogens with zero attached hydrogens (tertiary/aromatic N) is 2. The molecule has 4 rings (SSSR count). The lowest BCUT2D eigenvalue weighted by Crippen LogP contribution is -2.34. The molecule has 204 valence electrons. The average molecular weight is 538 g/mol. The summed E-state index contributed by atoms with van der Waals surface area (Å²) in [5.74, 6) is 0.678. The molecule has 1 aliphatic heterocycles. The fourth-order valence-corrected chi connectivity index (χ4v) is 6.67. The molecule has 38 heavy (non-hydrogen) atoms. The number of aromatic nitrogens is 2. The van der Waals surface area contributed by atoms with Gasteiger partial charge in [0.15, 0.2) is 9.84 Å². The average Bonchev–Trinajstić information content (AvgIpc) is 3.29. The highest BCUT2D eigenvalue weighted by molar-refractivity contribution is 7.91. The van der Waals surface area contributed by atoms with E-state index in [1.165, 1.54) is 0 Å². The molecule has 0 radical (unpaired) electrons. The van der Waals surface area contributed by atoms with Crippen molar-refractivity contribution in [1.82, 2.24) is 15.1 Å². The number of carbonyl (C=O) groups excluding carboxylic acids is 1. The van der Waals surface area contributed by atoms with Gasteiger partial charge in [-0.1, -0.05) is 57.5 Å². The van der Waals surface area contributed by atoms with Crippen LogP contribution < -0.4 is 16.0 Å². The number of piperidine rings is 1. The molecule has 3 aromatic rings. The molecule has 1 atom stereocenters. The third kappa shape index (κ3) is 6.45. The quantitative estimate of drug-likeness (QED) is 0.364. The van der Waals surface area contributed by atoms with Gasteiger partial charge in [0, 0.05) is 22.9 Å². The molecule has 1 fully saturated rings. The normalized spacial score (nSPS) is 15.7. The Kier molecular flexibility index (Phi) is 8.28. The van der Waals surface area contributed by atoms with Gasteiger partial charge in [-0.15, -0.1) is 0 Å². The number of anilines is 2. The molecule has 0 bridgehead atoms. The lowest BCUT2D eigenvalue weighted by atomic mass is 9.90. The molecule has 2 aromatic carbocycles. The summed E-state index contributed by atoms with van der Waals surface area (Å²) in [6.45, 7) is 11.6. The molecule has 0 saturated carbocycles. The Morgan fingerprint density at radius 2 is 1.76 bits per heavy atom. The van der Waals surface area contributed by atoms with Crippen molar-refractivity contribution in [2.75, 3.05) is 29.5 Å². The van der Waals surface area contributed by atoms with E-state index in [1.54, 1.807) is 29.8 Å². The second-order valence-corrected chi connectivity index (χ2v) is 13.5. The van der Waals surface area contributed by atoms with E-state index in [0.29, 0.717) is 11.5 Å². The maximum atomic E-state index is 13.1. The van der Waals surface area contributed by atoms with Crippen LogP contribution in [0.15, 0.2) is 54.6 Å². The summed E-state index contributed by atoms with van der Waals surface area (Å²) in [4.78, 5) is 13.1. The van der Waals surface area contributed by atoms with E-state index in [9.17, 15) is 13.2 Å². The number of amides is 2. The maximum Gasteiger partial charge on any atom is 0.324 e. The smallest absolute Gasteiger partial charge is 0.317 e. The van der Waals surface area contributed by atoms with E-state index in [2.05, 4.69) is 36.7 Å². The van der Waals surface area contributed by atoms with Crippen LogP contribution in [0.25, 0.3) is 5.69 Å². The third-order valence-electron chi connectivity index (χ3n) is 7.07. The number of rotatable bonds is 7. The van der Waals surface area contributed by atoms with Crippen molar-refractivity contribution in [1.29, 1.82) is 0 Å². The van der Waals surface area contributed by atoms with Gasteiger partial charge in [0.1, 0.15) is 5.82 Å². The van der Waals surface area contributed by atoms with Crippen LogP contribution in [0.5, 0.6) is 0 Å². The Bertz CT molecular complexity index is 1370. The van der Waals surface area contributed by atoms with Crippen molar-refractivity contribution in [3.05, 3.63) is 71.4 Å². The Labute approximate surface area is 226 Å². The van der Waals surface area contributed by atoms with Crippen LogP contribution in [0.4, 0.5) is 16.3 Å². The summed E-state index contributed by atoms with van der Waals surface area (Å²) in [7, 11) is -3.33. The van der Waals surface area contributed by atoms with Crippen LogP contribution in [-0.2, 0) is 15.3 Å². The fraction of sp³-hybridized carbons (Fsp3) is 0.448. The number of urea groups is 1. The minimum atomic E-state index is -3.33. The van der Waals surface area contributed by atoms with E-state index in [1.807, 2.05) is 43.3 Å².